The van der Waals surface area contributed by atoms with E-state index in [1.807, 2.05) is 6.07 Å². The average molecular weight is 240 g/mol. The second-order valence-corrected chi connectivity index (χ2v) is 4.15. The number of aliphatic imine (C=N–C) groups is 1. The lowest BCUT2D eigenvalue weighted by molar-refractivity contribution is 0.414. The van der Waals surface area contributed by atoms with E-state index in [2.05, 4.69) is 18.8 Å². The summed E-state index contributed by atoms with van der Waals surface area (Å²) in [6.45, 7) is 4.44. The molecule has 1 rings (SSSR count). The number of hydrogen-bond acceptors (Lipinski definition) is 3. The minimum atomic E-state index is 0.306. The van der Waals surface area contributed by atoms with E-state index in [-0.39, 0.29) is 0 Å². The summed E-state index contributed by atoms with van der Waals surface area (Å²) in [7, 11) is 1.58. The lowest BCUT2D eigenvalue weighted by Crippen LogP contribution is -1.98. The third-order valence-electron chi connectivity index (χ3n) is 2.35. The van der Waals surface area contributed by atoms with Crippen molar-refractivity contribution in [2.75, 3.05) is 7.11 Å². The maximum Gasteiger partial charge on any atom is 0.235 e. The van der Waals surface area contributed by atoms with E-state index in [1.165, 1.54) is 6.08 Å². The van der Waals surface area contributed by atoms with Crippen LogP contribution in [0.2, 0.25) is 5.02 Å². The second-order valence-electron chi connectivity index (χ2n) is 3.75. The summed E-state index contributed by atoms with van der Waals surface area (Å²) in [4.78, 5) is 13.7. The molecule has 0 aromatic heterocycles. The summed E-state index contributed by atoms with van der Waals surface area (Å²) in [6.07, 6.45) is 1.53. The molecule has 0 saturated heterocycles. The van der Waals surface area contributed by atoms with Crippen LogP contribution in [0.3, 0.4) is 0 Å². The van der Waals surface area contributed by atoms with Crippen molar-refractivity contribution in [1.82, 2.24) is 0 Å². The molecule has 1 aromatic carbocycles. The van der Waals surface area contributed by atoms with E-state index in [1.54, 1.807) is 13.2 Å². The molecule has 0 radical (unpaired) electrons. The predicted octanol–water partition coefficient (Wildman–Crippen LogP) is 3.31. The molecule has 0 spiro atoms. The summed E-state index contributed by atoms with van der Waals surface area (Å²) in [5.74, 6) is 0.965. The third kappa shape index (κ3) is 2.84. The van der Waals surface area contributed by atoms with Crippen molar-refractivity contribution in [1.29, 1.82) is 0 Å². The summed E-state index contributed by atoms with van der Waals surface area (Å²) >= 11 is 6.02. The third-order valence-corrected chi connectivity index (χ3v) is 2.64. The minimum absolute atomic E-state index is 0.306. The highest BCUT2D eigenvalue weighted by atomic mass is 35.5. The molecule has 16 heavy (non-hydrogen) atoms. The Balaban J connectivity index is 3.23. The van der Waals surface area contributed by atoms with Crippen LogP contribution in [-0.4, -0.2) is 13.2 Å². The monoisotopic (exact) mass is 239 g/mol. The Labute approximate surface area is 100 Å². The standard InChI is InChI=1S/C12H14ClNO2/c1-8(2)10-5-12(16-3)11(13)4-9(10)6-14-7-15/h4-5,8H,6H2,1-3H3. The zero-order chi connectivity index (χ0) is 12.1. The molecule has 1 aromatic rings. The largest absolute Gasteiger partial charge is 0.495 e. The molecular formula is C12H14ClNO2. The van der Waals surface area contributed by atoms with Crippen LogP contribution in [-0.2, 0) is 11.3 Å². The highest BCUT2D eigenvalue weighted by molar-refractivity contribution is 6.32. The van der Waals surface area contributed by atoms with Crippen molar-refractivity contribution in [2.24, 2.45) is 4.99 Å². The Hall–Kier alpha value is -1.31. The van der Waals surface area contributed by atoms with Gasteiger partial charge in [0, 0.05) is 0 Å². The molecule has 0 aliphatic heterocycles. The Bertz CT molecular complexity index is 423. The minimum Gasteiger partial charge on any atom is -0.495 e. The smallest absolute Gasteiger partial charge is 0.235 e. The number of methoxy groups -OCH3 is 1. The quantitative estimate of drug-likeness (QED) is 0.597. The predicted molar refractivity (Wildman–Crippen MR) is 63.9 cm³/mol. The van der Waals surface area contributed by atoms with E-state index in [0.29, 0.717) is 23.2 Å². The van der Waals surface area contributed by atoms with Gasteiger partial charge in [-0.3, -0.25) is 0 Å². The molecule has 86 valence electrons. The first-order valence-electron chi connectivity index (χ1n) is 5.00. The lowest BCUT2D eigenvalue weighted by atomic mass is 9.97. The van der Waals surface area contributed by atoms with Gasteiger partial charge in [0.05, 0.1) is 18.7 Å². The van der Waals surface area contributed by atoms with Crippen LogP contribution in [0.5, 0.6) is 5.75 Å². The molecule has 3 nitrogen and oxygen atoms in total. The highest BCUT2D eigenvalue weighted by Crippen LogP contribution is 2.32. The van der Waals surface area contributed by atoms with Crippen molar-refractivity contribution in [3.8, 4) is 5.75 Å². The lowest BCUT2D eigenvalue weighted by Gasteiger charge is -2.14. The van der Waals surface area contributed by atoms with E-state index in [0.717, 1.165) is 11.1 Å². The topological polar surface area (TPSA) is 38.7 Å². The molecule has 0 bridgehead atoms. The van der Waals surface area contributed by atoms with Gasteiger partial charge in [0.1, 0.15) is 5.75 Å². The van der Waals surface area contributed by atoms with Gasteiger partial charge in [-0.05, 0) is 29.2 Å². The summed E-state index contributed by atoms with van der Waals surface area (Å²) in [6, 6.07) is 3.68. The molecule has 0 N–H and O–H groups in total. The molecule has 0 atom stereocenters. The maximum absolute atomic E-state index is 10.1. The normalized spacial score (nSPS) is 10.1. The zero-order valence-corrected chi connectivity index (χ0v) is 10.3. The molecular weight excluding hydrogens is 226 g/mol. The second kappa shape index (κ2) is 5.69. The molecule has 0 fully saturated rings. The fourth-order valence-electron chi connectivity index (χ4n) is 1.56. The molecule has 0 heterocycles. The molecule has 0 amide bonds. The Kier molecular flexibility index (Phi) is 4.53. The fraction of sp³-hybridized carbons (Fsp3) is 0.417. The number of hydrogen-bond donors (Lipinski definition) is 0. The van der Waals surface area contributed by atoms with Crippen LogP contribution < -0.4 is 4.74 Å². The van der Waals surface area contributed by atoms with Gasteiger partial charge in [-0.2, -0.15) is 0 Å². The molecule has 0 aliphatic carbocycles. The highest BCUT2D eigenvalue weighted by Gasteiger charge is 2.11. The number of isocyanates is 1. The molecule has 0 unspecified atom stereocenters. The van der Waals surface area contributed by atoms with Crippen molar-refractivity contribution in [3.05, 3.63) is 28.3 Å². The van der Waals surface area contributed by atoms with Crippen molar-refractivity contribution >= 4 is 17.7 Å². The molecule has 4 heteroatoms. The Morgan fingerprint density at radius 1 is 1.50 bits per heavy atom. The van der Waals surface area contributed by atoms with E-state index < -0.39 is 0 Å². The van der Waals surface area contributed by atoms with Crippen molar-refractivity contribution < 1.29 is 9.53 Å². The van der Waals surface area contributed by atoms with Gasteiger partial charge in [-0.1, -0.05) is 25.4 Å². The first kappa shape index (κ1) is 12.8. The van der Waals surface area contributed by atoms with E-state index >= 15 is 0 Å². The average Bonchev–Trinajstić information content (AvgIpc) is 2.25. The Morgan fingerprint density at radius 2 is 2.19 bits per heavy atom. The number of ether oxygens (including phenoxy) is 1. The SMILES string of the molecule is COc1cc(C(C)C)c(CN=C=O)cc1Cl. The molecule has 0 aliphatic rings. The van der Waals surface area contributed by atoms with Crippen LogP contribution in [0.15, 0.2) is 17.1 Å². The number of halogens is 1. The fourth-order valence-corrected chi connectivity index (χ4v) is 1.82. The summed E-state index contributed by atoms with van der Waals surface area (Å²) < 4.78 is 5.16. The van der Waals surface area contributed by atoms with E-state index in [9.17, 15) is 4.79 Å². The van der Waals surface area contributed by atoms with Gasteiger partial charge < -0.3 is 4.74 Å². The molecule has 0 saturated carbocycles. The van der Waals surface area contributed by atoms with Crippen LogP contribution in [0.4, 0.5) is 0 Å². The Morgan fingerprint density at radius 3 is 2.69 bits per heavy atom. The van der Waals surface area contributed by atoms with Crippen molar-refractivity contribution in [3.63, 3.8) is 0 Å². The van der Waals surface area contributed by atoms with Gasteiger partial charge in [0.2, 0.25) is 6.08 Å². The van der Waals surface area contributed by atoms with Gasteiger partial charge in [0.15, 0.2) is 0 Å². The van der Waals surface area contributed by atoms with E-state index in [4.69, 9.17) is 16.3 Å². The maximum atomic E-state index is 10.1. The zero-order valence-electron chi connectivity index (χ0n) is 9.58. The number of carbonyl (C=O) groups excluding carboxylic acids is 1. The van der Waals surface area contributed by atoms with Gasteiger partial charge in [0.25, 0.3) is 0 Å². The van der Waals surface area contributed by atoms with Crippen molar-refractivity contribution in [2.45, 2.75) is 26.3 Å². The summed E-state index contributed by atoms with van der Waals surface area (Å²) in [5, 5.41) is 0.531. The number of rotatable bonds is 4. The van der Waals surface area contributed by atoms with Crippen LogP contribution in [0.1, 0.15) is 30.9 Å². The van der Waals surface area contributed by atoms with Gasteiger partial charge >= 0.3 is 0 Å². The first-order valence-corrected chi connectivity index (χ1v) is 5.37. The number of nitrogens with zero attached hydrogens (tertiary/aromatic N) is 1. The first-order chi connectivity index (χ1) is 7.60. The number of benzene rings is 1. The van der Waals surface area contributed by atoms with Crippen LogP contribution >= 0.6 is 11.6 Å². The van der Waals surface area contributed by atoms with Crippen LogP contribution in [0.25, 0.3) is 0 Å². The van der Waals surface area contributed by atoms with Gasteiger partial charge in [-0.25, -0.2) is 9.79 Å². The van der Waals surface area contributed by atoms with Gasteiger partial charge in [-0.15, -0.1) is 0 Å². The summed E-state index contributed by atoms with van der Waals surface area (Å²) in [5.41, 5.74) is 2.02. The van der Waals surface area contributed by atoms with Crippen LogP contribution in [0, 0.1) is 0 Å².